The third-order valence-corrected chi connectivity index (χ3v) is 4.77. The Morgan fingerprint density at radius 3 is 2.12 bits per heavy atom. The summed E-state index contributed by atoms with van der Waals surface area (Å²) in [6, 6.07) is 6.29. The minimum atomic E-state index is -0.889. The second-order valence-electron chi connectivity index (χ2n) is 8.19. The molecule has 7 nitrogen and oxygen atoms in total. The van der Waals surface area contributed by atoms with Crippen LogP contribution >= 0.6 is 0 Å². The van der Waals surface area contributed by atoms with Crippen LogP contribution in [-0.4, -0.2) is 39.7 Å². The highest BCUT2D eigenvalue weighted by molar-refractivity contribution is 6.45. The molecule has 1 aliphatic rings. The summed E-state index contributed by atoms with van der Waals surface area (Å²) in [6.45, 7) is 8.79. The van der Waals surface area contributed by atoms with E-state index in [4.69, 9.17) is 11.5 Å². The number of nitrogens with zero attached hydrogens (tertiary/aromatic N) is 2. The molecule has 1 heterocycles. The summed E-state index contributed by atoms with van der Waals surface area (Å²) >= 11 is 0. The minimum absolute atomic E-state index is 0.0583. The fraction of sp³-hybridized carbons (Fsp3) is 0.526. The Morgan fingerprint density at radius 2 is 1.65 bits per heavy atom. The fourth-order valence-electron chi connectivity index (χ4n) is 4.20. The Kier molecular flexibility index (Phi) is 5.14. The first kappa shape index (κ1) is 19.9. The molecule has 3 amide bonds. The lowest BCUT2D eigenvalue weighted by Crippen LogP contribution is -2.67. The number of rotatable bonds is 1. The van der Waals surface area contributed by atoms with E-state index in [1.807, 2.05) is 27.7 Å². The standard InChI is InChI=1S/C19H28N4O3/c1-12(24)22(15-8-6-7-13(20)9-15)16(25)17(26)23-18(2,3)10-14(21)11-19(23,4)5/h6-9,14H,10-11,20-21H2,1-5H3. The molecule has 1 aromatic carbocycles. The van der Waals surface area contributed by atoms with Gasteiger partial charge in [0.15, 0.2) is 0 Å². The lowest BCUT2D eigenvalue weighted by atomic mass is 9.77. The summed E-state index contributed by atoms with van der Waals surface area (Å²) in [5.74, 6) is -2.15. The zero-order valence-electron chi connectivity index (χ0n) is 16.1. The fourth-order valence-corrected chi connectivity index (χ4v) is 4.20. The molecule has 7 heteroatoms. The SMILES string of the molecule is CC(=O)N(C(=O)C(=O)N1C(C)(C)CC(N)CC1(C)C)c1cccc(N)c1. The van der Waals surface area contributed by atoms with Gasteiger partial charge in [0, 0.05) is 29.7 Å². The first-order chi connectivity index (χ1) is 11.9. The van der Waals surface area contributed by atoms with Crippen LogP contribution in [0.25, 0.3) is 0 Å². The van der Waals surface area contributed by atoms with Crippen LogP contribution in [0.2, 0.25) is 0 Å². The number of nitrogens with two attached hydrogens (primary N) is 2. The molecule has 1 aromatic rings. The van der Waals surface area contributed by atoms with E-state index in [1.54, 1.807) is 23.1 Å². The number of piperidine rings is 1. The Hall–Kier alpha value is -2.41. The first-order valence-corrected chi connectivity index (χ1v) is 8.67. The summed E-state index contributed by atoms with van der Waals surface area (Å²) in [7, 11) is 0. The topological polar surface area (TPSA) is 110 Å². The highest BCUT2D eigenvalue weighted by atomic mass is 16.2. The second-order valence-corrected chi connectivity index (χ2v) is 8.19. The number of carbonyl (C=O) groups excluding carboxylic acids is 3. The van der Waals surface area contributed by atoms with Crippen molar-refractivity contribution < 1.29 is 14.4 Å². The first-order valence-electron chi connectivity index (χ1n) is 8.67. The average molecular weight is 360 g/mol. The van der Waals surface area contributed by atoms with Gasteiger partial charge in [0.05, 0.1) is 5.69 Å². The van der Waals surface area contributed by atoms with Gasteiger partial charge in [-0.05, 0) is 58.7 Å². The summed E-state index contributed by atoms with van der Waals surface area (Å²) in [5.41, 5.74) is 11.4. The largest absolute Gasteiger partial charge is 0.399 e. The van der Waals surface area contributed by atoms with Gasteiger partial charge in [0.25, 0.3) is 0 Å². The Labute approximate surface area is 154 Å². The van der Waals surface area contributed by atoms with Gasteiger partial charge in [-0.3, -0.25) is 14.4 Å². The summed E-state index contributed by atoms with van der Waals surface area (Å²) < 4.78 is 0. The van der Waals surface area contributed by atoms with E-state index in [2.05, 4.69) is 0 Å². The van der Waals surface area contributed by atoms with Crippen LogP contribution in [0.15, 0.2) is 24.3 Å². The number of amides is 3. The highest BCUT2D eigenvalue weighted by Crippen LogP contribution is 2.38. The van der Waals surface area contributed by atoms with Crippen LogP contribution in [0.3, 0.4) is 0 Å². The molecular formula is C19H28N4O3. The maximum Gasteiger partial charge on any atom is 0.323 e. The number of hydrogen-bond donors (Lipinski definition) is 2. The maximum atomic E-state index is 13.2. The molecule has 1 fully saturated rings. The highest BCUT2D eigenvalue weighted by Gasteiger charge is 2.49. The van der Waals surface area contributed by atoms with Gasteiger partial charge in [-0.1, -0.05) is 6.07 Å². The normalized spacial score (nSPS) is 19.1. The van der Waals surface area contributed by atoms with E-state index in [0.29, 0.717) is 18.5 Å². The van der Waals surface area contributed by atoms with Crippen molar-refractivity contribution in [2.45, 2.75) is 64.6 Å². The third kappa shape index (κ3) is 3.72. The molecule has 2 rings (SSSR count). The zero-order valence-corrected chi connectivity index (χ0v) is 16.1. The summed E-state index contributed by atoms with van der Waals surface area (Å²) in [5, 5.41) is 0. The van der Waals surface area contributed by atoms with Crippen LogP contribution in [0.1, 0.15) is 47.5 Å². The minimum Gasteiger partial charge on any atom is -0.399 e. The van der Waals surface area contributed by atoms with Crippen molar-refractivity contribution in [1.82, 2.24) is 4.90 Å². The van der Waals surface area contributed by atoms with Crippen LogP contribution in [-0.2, 0) is 14.4 Å². The predicted octanol–water partition coefficient (Wildman–Crippen LogP) is 1.66. The van der Waals surface area contributed by atoms with Crippen molar-refractivity contribution in [3.63, 3.8) is 0 Å². The van der Waals surface area contributed by atoms with Crippen LogP contribution < -0.4 is 16.4 Å². The third-order valence-electron chi connectivity index (χ3n) is 4.77. The van der Waals surface area contributed by atoms with Crippen molar-refractivity contribution in [1.29, 1.82) is 0 Å². The molecule has 4 N–H and O–H groups in total. The molecule has 0 atom stereocenters. The molecule has 0 aliphatic carbocycles. The second kappa shape index (κ2) is 6.72. The molecular weight excluding hydrogens is 332 g/mol. The molecule has 0 saturated carbocycles. The van der Waals surface area contributed by atoms with Gasteiger partial charge < -0.3 is 16.4 Å². The van der Waals surface area contributed by atoms with Gasteiger partial charge in [0.2, 0.25) is 5.91 Å². The predicted molar refractivity (Wildman–Crippen MR) is 101 cm³/mol. The number of anilines is 2. The number of imide groups is 1. The van der Waals surface area contributed by atoms with E-state index in [1.165, 1.54) is 13.0 Å². The Bertz CT molecular complexity index is 724. The summed E-state index contributed by atoms with van der Waals surface area (Å²) in [6.07, 6.45) is 1.15. The van der Waals surface area contributed by atoms with Crippen LogP contribution in [0, 0.1) is 0 Å². The molecule has 0 spiro atoms. The van der Waals surface area contributed by atoms with E-state index in [-0.39, 0.29) is 11.7 Å². The smallest absolute Gasteiger partial charge is 0.323 e. The van der Waals surface area contributed by atoms with Crippen molar-refractivity contribution in [2.24, 2.45) is 5.73 Å². The molecule has 0 bridgehead atoms. The van der Waals surface area contributed by atoms with Crippen LogP contribution in [0.5, 0.6) is 0 Å². The quantitative estimate of drug-likeness (QED) is 0.584. The van der Waals surface area contributed by atoms with E-state index in [9.17, 15) is 14.4 Å². The van der Waals surface area contributed by atoms with E-state index >= 15 is 0 Å². The lowest BCUT2D eigenvalue weighted by molar-refractivity contribution is -0.158. The van der Waals surface area contributed by atoms with Crippen molar-refractivity contribution in [3.05, 3.63) is 24.3 Å². The number of likely N-dealkylation sites (tertiary alicyclic amines) is 1. The monoisotopic (exact) mass is 360 g/mol. The van der Waals surface area contributed by atoms with Gasteiger partial charge >= 0.3 is 11.8 Å². The molecule has 0 radical (unpaired) electrons. The molecule has 1 saturated heterocycles. The van der Waals surface area contributed by atoms with Crippen molar-refractivity contribution >= 4 is 29.1 Å². The molecule has 142 valence electrons. The van der Waals surface area contributed by atoms with E-state index < -0.39 is 28.8 Å². The van der Waals surface area contributed by atoms with E-state index in [0.717, 1.165) is 4.90 Å². The Morgan fingerprint density at radius 1 is 1.12 bits per heavy atom. The van der Waals surface area contributed by atoms with Gasteiger partial charge in [0.1, 0.15) is 0 Å². The lowest BCUT2D eigenvalue weighted by Gasteiger charge is -2.54. The number of carbonyl (C=O) groups is 3. The van der Waals surface area contributed by atoms with Gasteiger partial charge in [-0.2, -0.15) is 0 Å². The number of hydrogen-bond acceptors (Lipinski definition) is 5. The molecule has 0 aromatic heterocycles. The van der Waals surface area contributed by atoms with Gasteiger partial charge in [-0.15, -0.1) is 0 Å². The Balaban J connectivity index is 2.43. The molecule has 0 unspecified atom stereocenters. The van der Waals surface area contributed by atoms with Gasteiger partial charge in [-0.25, -0.2) is 4.90 Å². The average Bonchev–Trinajstić information content (AvgIpc) is 2.43. The van der Waals surface area contributed by atoms with Crippen molar-refractivity contribution in [3.8, 4) is 0 Å². The van der Waals surface area contributed by atoms with Crippen LogP contribution in [0.4, 0.5) is 11.4 Å². The molecule has 1 aliphatic heterocycles. The molecule has 26 heavy (non-hydrogen) atoms. The maximum absolute atomic E-state index is 13.2. The summed E-state index contributed by atoms with van der Waals surface area (Å²) in [4.78, 5) is 40.7. The van der Waals surface area contributed by atoms with Crippen molar-refractivity contribution in [2.75, 3.05) is 10.6 Å². The zero-order chi connectivity index (χ0) is 19.9. The number of nitrogen functional groups attached to an aromatic ring is 1. The number of benzene rings is 1.